The summed E-state index contributed by atoms with van der Waals surface area (Å²) in [5.41, 5.74) is 0.577. The first kappa shape index (κ1) is 12.3. The number of nitrogens with zero attached hydrogens (tertiary/aromatic N) is 2. The molecular formula is C11H13N3O4. The second kappa shape index (κ2) is 4.99. The van der Waals surface area contributed by atoms with Crippen molar-refractivity contribution in [3.63, 3.8) is 0 Å². The van der Waals surface area contributed by atoms with Crippen LogP contribution in [0, 0.1) is 0 Å². The number of carbonyl (C=O) groups excluding carboxylic acids is 2. The van der Waals surface area contributed by atoms with Gasteiger partial charge in [0, 0.05) is 31.2 Å². The largest absolute Gasteiger partial charge is 0.480 e. The van der Waals surface area contributed by atoms with Gasteiger partial charge in [0.1, 0.15) is 6.04 Å². The zero-order chi connectivity index (χ0) is 13.1. The highest BCUT2D eigenvalue weighted by Gasteiger charge is 2.36. The maximum absolute atomic E-state index is 11.7. The zero-order valence-corrected chi connectivity index (χ0v) is 9.63. The van der Waals surface area contributed by atoms with Gasteiger partial charge < -0.3 is 10.1 Å². The van der Waals surface area contributed by atoms with Gasteiger partial charge in [0.25, 0.3) is 0 Å². The monoisotopic (exact) mass is 251 g/mol. The molecule has 2 rings (SSSR count). The van der Waals surface area contributed by atoms with Crippen molar-refractivity contribution in [3.8, 4) is 0 Å². The summed E-state index contributed by atoms with van der Waals surface area (Å²) < 4.78 is 0. The van der Waals surface area contributed by atoms with E-state index in [0.29, 0.717) is 12.1 Å². The third-order valence-electron chi connectivity index (χ3n) is 2.88. The number of imide groups is 1. The van der Waals surface area contributed by atoms with Crippen LogP contribution in [0.2, 0.25) is 0 Å². The van der Waals surface area contributed by atoms with Gasteiger partial charge in [-0.3, -0.25) is 14.5 Å². The molecule has 0 unspecified atom stereocenters. The number of likely N-dealkylation sites (tertiary alicyclic amines) is 1. The molecule has 0 saturated carbocycles. The number of rotatable bonds is 4. The molecule has 0 spiro atoms. The zero-order valence-electron chi connectivity index (χ0n) is 9.63. The highest BCUT2D eigenvalue weighted by Crippen LogP contribution is 2.17. The van der Waals surface area contributed by atoms with E-state index in [1.54, 1.807) is 0 Å². The van der Waals surface area contributed by atoms with Crippen LogP contribution < -0.4 is 0 Å². The third kappa shape index (κ3) is 2.39. The molecule has 0 aliphatic carbocycles. The summed E-state index contributed by atoms with van der Waals surface area (Å²) in [6.07, 6.45) is 3.89. The van der Waals surface area contributed by atoms with Crippen LogP contribution in [-0.4, -0.2) is 43.8 Å². The molecule has 1 aliphatic rings. The highest BCUT2D eigenvalue weighted by molar-refractivity contribution is 6.01. The van der Waals surface area contributed by atoms with E-state index in [4.69, 9.17) is 0 Å². The maximum Gasteiger partial charge on any atom is 0.327 e. The van der Waals surface area contributed by atoms with E-state index in [9.17, 15) is 19.5 Å². The number of piperidine rings is 1. The van der Waals surface area contributed by atoms with Crippen molar-refractivity contribution in [1.29, 1.82) is 0 Å². The van der Waals surface area contributed by atoms with Crippen LogP contribution in [0.4, 0.5) is 0 Å². The first-order valence-corrected chi connectivity index (χ1v) is 5.64. The molecule has 1 aromatic heterocycles. The van der Waals surface area contributed by atoms with Crippen molar-refractivity contribution in [1.82, 2.24) is 14.9 Å². The predicted octanol–water partition coefficient (Wildman–Crippen LogP) is -0.0555. The average Bonchev–Trinajstić information content (AvgIpc) is 2.80. The number of aliphatic carboxylic acids is 1. The van der Waals surface area contributed by atoms with Gasteiger partial charge in [-0.25, -0.2) is 9.78 Å². The molecule has 1 fully saturated rings. The van der Waals surface area contributed by atoms with Gasteiger partial charge in [0.15, 0.2) is 0 Å². The molecule has 0 aromatic carbocycles. The summed E-state index contributed by atoms with van der Waals surface area (Å²) in [5.74, 6) is -2.02. The molecule has 1 aliphatic heterocycles. The Morgan fingerprint density at radius 1 is 1.44 bits per heavy atom. The number of carbonyl (C=O) groups is 3. The Morgan fingerprint density at radius 3 is 2.61 bits per heavy atom. The van der Waals surface area contributed by atoms with Gasteiger partial charge in [-0.05, 0) is 6.42 Å². The Morgan fingerprint density at radius 2 is 2.11 bits per heavy atom. The van der Waals surface area contributed by atoms with E-state index in [1.165, 1.54) is 12.5 Å². The Kier molecular flexibility index (Phi) is 3.40. The summed E-state index contributed by atoms with van der Waals surface area (Å²) in [4.78, 5) is 42.0. The molecule has 7 heteroatoms. The number of carboxylic acid groups (broad SMARTS) is 1. The Bertz CT molecular complexity index is 453. The van der Waals surface area contributed by atoms with E-state index >= 15 is 0 Å². The molecule has 2 amide bonds. The van der Waals surface area contributed by atoms with Crippen LogP contribution >= 0.6 is 0 Å². The predicted molar refractivity (Wildman–Crippen MR) is 59.4 cm³/mol. The minimum Gasteiger partial charge on any atom is -0.480 e. The second-order valence-corrected chi connectivity index (χ2v) is 4.15. The van der Waals surface area contributed by atoms with E-state index in [2.05, 4.69) is 9.97 Å². The molecule has 2 N–H and O–H groups in total. The normalized spacial score (nSPS) is 17.9. The number of aromatic nitrogens is 2. The van der Waals surface area contributed by atoms with Crippen molar-refractivity contribution >= 4 is 17.8 Å². The van der Waals surface area contributed by atoms with Gasteiger partial charge in [0.05, 0.1) is 6.33 Å². The number of hydrogen-bond acceptors (Lipinski definition) is 4. The van der Waals surface area contributed by atoms with Gasteiger partial charge in [-0.2, -0.15) is 0 Å². The molecule has 0 radical (unpaired) electrons. The highest BCUT2D eigenvalue weighted by atomic mass is 16.4. The van der Waals surface area contributed by atoms with Crippen molar-refractivity contribution < 1.29 is 19.5 Å². The van der Waals surface area contributed by atoms with Gasteiger partial charge in [0.2, 0.25) is 11.8 Å². The summed E-state index contributed by atoms with van der Waals surface area (Å²) in [7, 11) is 0. The quantitative estimate of drug-likeness (QED) is 0.730. The van der Waals surface area contributed by atoms with E-state index < -0.39 is 23.8 Å². The molecular weight excluding hydrogens is 238 g/mol. The van der Waals surface area contributed by atoms with Gasteiger partial charge in [-0.15, -0.1) is 0 Å². The standard InChI is InChI=1S/C11H13N3O4/c15-9-2-1-3-10(16)14(9)8(11(17)18)4-7-5-12-6-13-7/h5-6,8H,1-4H2,(H,12,13)(H,17,18)/t8-/m0/s1. The molecule has 18 heavy (non-hydrogen) atoms. The number of amides is 2. The van der Waals surface area contributed by atoms with Crippen molar-refractivity contribution in [2.45, 2.75) is 31.7 Å². The first-order chi connectivity index (χ1) is 8.59. The molecule has 0 bridgehead atoms. The lowest BCUT2D eigenvalue weighted by Gasteiger charge is -2.30. The summed E-state index contributed by atoms with van der Waals surface area (Å²) in [6, 6.07) is -1.16. The van der Waals surface area contributed by atoms with Crippen molar-refractivity contribution in [3.05, 3.63) is 18.2 Å². The Labute approximate surface area is 103 Å². The van der Waals surface area contributed by atoms with E-state index in [1.807, 2.05) is 0 Å². The summed E-state index contributed by atoms with van der Waals surface area (Å²) in [6.45, 7) is 0. The van der Waals surface area contributed by atoms with Crippen LogP contribution in [0.15, 0.2) is 12.5 Å². The lowest BCUT2D eigenvalue weighted by atomic mass is 10.0. The lowest BCUT2D eigenvalue weighted by Crippen LogP contribution is -2.51. The van der Waals surface area contributed by atoms with Gasteiger partial charge in [-0.1, -0.05) is 0 Å². The van der Waals surface area contributed by atoms with Crippen LogP contribution in [0.25, 0.3) is 0 Å². The molecule has 96 valence electrons. The fourth-order valence-electron chi connectivity index (χ4n) is 2.01. The van der Waals surface area contributed by atoms with Crippen LogP contribution in [0.5, 0.6) is 0 Å². The van der Waals surface area contributed by atoms with E-state index in [-0.39, 0.29) is 19.3 Å². The Hall–Kier alpha value is -2.18. The minimum absolute atomic E-state index is 0.0484. The Balaban J connectivity index is 2.21. The topological polar surface area (TPSA) is 103 Å². The number of aromatic amines is 1. The van der Waals surface area contributed by atoms with Crippen LogP contribution in [-0.2, 0) is 20.8 Å². The molecule has 1 saturated heterocycles. The first-order valence-electron chi connectivity index (χ1n) is 5.64. The molecule has 1 atom stereocenters. The average molecular weight is 251 g/mol. The van der Waals surface area contributed by atoms with Crippen molar-refractivity contribution in [2.75, 3.05) is 0 Å². The third-order valence-corrected chi connectivity index (χ3v) is 2.88. The van der Waals surface area contributed by atoms with E-state index in [0.717, 1.165) is 4.90 Å². The number of H-pyrrole nitrogens is 1. The number of hydrogen-bond donors (Lipinski definition) is 2. The lowest BCUT2D eigenvalue weighted by molar-refractivity contribution is -0.160. The fourth-order valence-corrected chi connectivity index (χ4v) is 2.01. The number of nitrogens with one attached hydrogen (secondary N) is 1. The summed E-state index contributed by atoms with van der Waals surface area (Å²) in [5, 5.41) is 9.18. The number of imidazole rings is 1. The van der Waals surface area contributed by atoms with Crippen LogP contribution in [0.1, 0.15) is 25.0 Å². The maximum atomic E-state index is 11.7. The molecule has 2 heterocycles. The minimum atomic E-state index is -1.19. The van der Waals surface area contributed by atoms with Gasteiger partial charge >= 0.3 is 5.97 Å². The van der Waals surface area contributed by atoms with Crippen molar-refractivity contribution in [2.24, 2.45) is 0 Å². The number of carboxylic acids is 1. The fraction of sp³-hybridized carbons (Fsp3) is 0.455. The van der Waals surface area contributed by atoms with Crippen LogP contribution in [0.3, 0.4) is 0 Å². The molecule has 7 nitrogen and oxygen atoms in total. The molecule has 1 aromatic rings. The smallest absolute Gasteiger partial charge is 0.327 e. The SMILES string of the molecule is O=C(O)[C@H](Cc1cnc[nH]1)N1C(=O)CCCC1=O. The second-order valence-electron chi connectivity index (χ2n) is 4.15. The summed E-state index contributed by atoms with van der Waals surface area (Å²) >= 11 is 0.